The van der Waals surface area contributed by atoms with E-state index in [0.29, 0.717) is 6.04 Å². The molecule has 2 rings (SSSR count). The van der Waals surface area contributed by atoms with Crippen molar-refractivity contribution in [3.63, 3.8) is 0 Å². The number of nitrogens with zero attached hydrogens (tertiary/aromatic N) is 1. The van der Waals surface area contributed by atoms with Crippen LogP contribution in [0.4, 0.5) is 0 Å². The van der Waals surface area contributed by atoms with Gasteiger partial charge in [-0.1, -0.05) is 5.16 Å². The Bertz CT molecular complexity index is 267. The van der Waals surface area contributed by atoms with Gasteiger partial charge in [0.1, 0.15) is 5.84 Å². The molecule has 2 fully saturated rings. The van der Waals surface area contributed by atoms with Crippen molar-refractivity contribution in [2.75, 3.05) is 0 Å². The summed E-state index contributed by atoms with van der Waals surface area (Å²) < 4.78 is 0. The molecule has 2 atom stereocenters. The van der Waals surface area contributed by atoms with Crippen molar-refractivity contribution >= 4 is 11.7 Å². The topological polar surface area (TPSA) is 87.7 Å². The van der Waals surface area contributed by atoms with Gasteiger partial charge in [-0.3, -0.25) is 4.79 Å². The molecule has 0 aromatic rings. The van der Waals surface area contributed by atoms with Crippen molar-refractivity contribution in [2.45, 2.75) is 31.7 Å². The minimum Gasteiger partial charge on any atom is -0.409 e. The lowest BCUT2D eigenvalue weighted by molar-refractivity contribution is -0.120. The Balaban J connectivity index is 1.72. The van der Waals surface area contributed by atoms with Crippen LogP contribution in [0.5, 0.6) is 0 Å². The van der Waals surface area contributed by atoms with Crippen LogP contribution in [0.2, 0.25) is 0 Å². The molecule has 2 saturated carbocycles. The zero-order valence-corrected chi connectivity index (χ0v) is 7.94. The molecular weight excluding hydrogens is 182 g/mol. The largest absolute Gasteiger partial charge is 0.409 e. The Morgan fingerprint density at radius 1 is 1.43 bits per heavy atom. The van der Waals surface area contributed by atoms with Crippen LogP contribution in [0, 0.1) is 11.8 Å². The van der Waals surface area contributed by atoms with Crippen molar-refractivity contribution in [1.82, 2.24) is 5.32 Å². The third-order valence-electron chi connectivity index (χ3n) is 3.08. The fraction of sp³-hybridized carbons (Fsp3) is 0.778. The Labute approximate surface area is 82.3 Å². The second kappa shape index (κ2) is 3.48. The molecule has 0 radical (unpaired) electrons. The van der Waals surface area contributed by atoms with E-state index in [-0.39, 0.29) is 18.2 Å². The lowest BCUT2D eigenvalue weighted by Gasteiger charge is -2.13. The second-order valence-electron chi connectivity index (χ2n) is 4.26. The molecule has 2 aliphatic carbocycles. The highest BCUT2D eigenvalue weighted by molar-refractivity contribution is 5.98. The Morgan fingerprint density at radius 3 is 2.64 bits per heavy atom. The fourth-order valence-electron chi connectivity index (χ4n) is 2.31. The number of nitrogens with two attached hydrogens (primary N) is 1. The number of nitrogens with one attached hydrogen (secondary N) is 1. The first-order valence-electron chi connectivity index (χ1n) is 4.95. The molecular formula is C9H15N3O2. The standard InChI is InChI=1S/C9H15N3O2/c10-8(12-14)4-9(13)11-7-2-5-1-6(5)3-7/h5-7,14H,1-4H2,(H2,10,12)(H,11,13). The Kier molecular flexibility index (Phi) is 2.31. The molecule has 5 nitrogen and oxygen atoms in total. The highest BCUT2D eigenvalue weighted by atomic mass is 16.4. The Morgan fingerprint density at radius 2 is 2.07 bits per heavy atom. The summed E-state index contributed by atoms with van der Waals surface area (Å²) in [6.07, 6.45) is 3.54. The maximum atomic E-state index is 11.3. The van der Waals surface area contributed by atoms with Crippen LogP contribution < -0.4 is 11.1 Å². The van der Waals surface area contributed by atoms with Gasteiger partial charge in [-0.2, -0.15) is 0 Å². The lowest BCUT2D eigenvalue weighted by atomic mass is 10.1. The first kappa shape index (κ1) is 9.30. The maximum absolute atomic E-state index is 11.3. The second-order valence-corrected chi connectivity index (χ2v) is 4.26. The number of rotatable bonds is 3. The van der Waals surface area contributed by atoms with E-state index in [1.807, 2.05) is 0 Å². The van der Waals surface area contributed by atoms with Gasteiger partial charge in [-0.25, -0.2) is 0 Å². The van der Waals surface area contributed by atoms with E-state index < -0.39 is 0 Å². The monoisotopic (exact) mass is 197 g/mol. The summed E-state index contributed by atoms with van der Waals surface area (Å²) in [6.45, 7) is 0. The average molecular weight is 197 g/mol. The van der Waals surface area contributed by atoms with E-state index >= 15 is 0 Å². The number of hydrogen-bond acceptors (Lipinski definition) is 3. The summed E-state index contributed by atoms with van der Waals surface area (Å²) in [4.78, 5) is 11.3. The SMILES string of the molecule is N/C(CC(=O)NC1CC2CC2C1)=N\O. The van der Waals surface area contributed by atoms with Gasteiger partial charge in [0, 0.05) is 6.04 Å². The number of amidine groups is 1. The van der Waals surface area contributed by atoms with Crippen molar-refractivity contribution < 1.29 is 10.0 Å². The van der Waals surface area contributed by atoms with Crippen LogP contribution in [0.3, 0.4) is 0 Å². The van der Waals surface area contributed by atoms with Crippen molar-refractivity contribution in [1.29, 1.82) is 0 Å². The molecule has 5 heteroatoms. The van der Waals surface area contributed by atoms with Crippen molar-refractivity contribution in [2.24, 2.45) is 22.7 Å². The van der Waals surface area contributed by atoms with Gasteiger partial charge in [0.2, 0.25) is 5.91 Å². The zero-order valence-electron chi connectivity index (χ0n) is 7.94. The Hall–Kier alpha value is -1.26. The number of amides is 1. The summed E-state index contributed by atoms with van der Waals surface area (Å²) >= 11 is 0. The molecule has 2 aliphatic rings. The number of oxime groups is 1. The van der Waals surface area contributed by atoms with E-state index in [1.165, 1.54) is 6.42 Å². The van der Waals surface area contributed by atoms with Gasteiger partial charge in [0.25, 0.3) is 0 Å². The van der Waals surface area contributed by atoms with Crippen LogP contribution in [0.15, 0.2) is 5.16 Å². The third kappa shape index (κ3) is 1.97. The van der Waals surface area contributed by atoms with Crippen LogP contribution in [0.25, 0.3) is 0 Å². The van der Waals surface area contributed by atoms with Crippen LogP contribution >= 0.6 is 0 Å². The fourth-order valence-corrected chi connectivity index (χ4v) is 2.31. The van der Waals surface area contributed by atoms with Gasteiger partial charge in [0.15, 0.2) is 0 Å². The molecule has 2 unspecified atom stereocenters. The predicted molar refractivity (Wildman–Crippen MR) is 50.8 cm³/mol. The molecule has 4 N–H and O–H groups in total. The highest BCUT2D eigenvalue weighted by Gasteiger charge is 2.46. The van der Waals surface area contributed by atoms with Crippen LogP contribution in [0.1, 0.15) is 25.7 Å². The molecule has 1 amide bonds. The molecule has 14 heavy (non-hydrogen) atoms. The van der Waals surface area contributed by atoms with E-state index in [1.54, 1.807) is 0 Å². The molecule has 0 saturated heterocycles. The van der Waals surface area contributed by atoms with Gasteiger partial charge in [-0.05, 0) is 31.1 Å². The average Bonchev–Trinajstić information content (AvgIpc) is 2.74. The van der Waals surface area contributed by atoms with E-state index in [4.69, 9.17) is 10.9 Å². The zero-order chi connectivity index (χ0) is 10.1. The normalized spacial score (nSPS) is 35.1. The van der Waals surface area contributed by atoms with E-state index in [0.717, 1.165) is 24.7 Å². The van der Waals surface area contributed by atoms with E-state index in [2.05, 4.69) is 10.5 Å². The molecule has 0 aromatic heterocycles. The van der Waals surface area contributed by atoms with Crippen molar-refractivity contribution in [3.8, 4) is 0 Å². The summed E-state index contributed by atoms with van der Waals surface area (Å²) in [6, 6.07) is 0.317. The highest BCUT2D eigenvalue weighted by Crippen LogP contribution is 2.51. The molecule has 0 bridgehead atoms. The quantitative estimate of drug-likeness (QED) is 0.258. The lowest BCUT2D eigenvalue weighted by Crippen LogP contribution is -2.36. The maximum Gasteiger partial charge on any atom is 0.227 e. The number of carbonyl (C=O) groups is 1. The first-order valence-corrected chi connectivity index (χ1v) is 4.95. The molecule has 78 valence electrons. The van der Waals surface area contributed by atoms with Crippen molar-refractivity contribution in [3.05, 3.63) is 0 Å². The predicted octanol–water partition coefficient (Wildman–Crippen LogP) is 0.0376. The number of fused-ring (bicyclic) bond motifs is 1. The number of hydrogen-bond donors (Lipinski definition) is 3. The summed E-state index contributed by atoms with van der Waals surface area (Å²) in [5.41, 5.74) is 5.22. The number of carbonyl (C=O) groups excluding carboxylic acids is 1. The summed E-state index contributed by atoms with van der Waals surface area (Å²) in [7, 11) is 0. The molecule has 0 aromatic carbocycles. The van der Waals surface area contributed by atoms with Crippen LogP contribution in [-0.4, -0.2) is 23.0 Å². The summed E-state index contributed by atoms with van der Waals surface area (Å²) in [5.74, 6) is 1.52. The van der Waals surface area contributed by atoms with Crippen LogP contribution in [-0.2, 0) is 4.79 Å². The van der Waals surface area contributed by atoms with Gasteiger partial charge in [-0.15, -0.1) is 0 Å². The third-order valence-corrected chi connectivity index (χ3v) is 3.08. The smallest absolute Gasteiger partial charge is 0.227 e. The minimum atomic E-state index is -0.147. The first-order chi connectivity index (χ1) is 6.69. The van der Waals surface area contributed by atoms with E-state index in [9.17, 15) is 4.79 Å². The van der Waals surface area contributed by atoms with Gasteiger partial charge < -0.3 is 16.3 Å². The minimum absolute atomic E-state index is 0.0116. The van der Waals surface area contributed by atoms with Gasteiger partial charge in [0.05, 0.1) is 6.42 Å². The van der Waals surface area contributed by atoms with Gasteiger partial charge >= 0.3 is 0 Å². The molecule has 0 spiro atoms. The molecule has 0 aliphatic heterocycles. The molecule has 0 heterocycles. The summed E-state index contributed by atoms with van der Waals surface area (Å²) in [5, 5.41) is 13.9.